The van der Waals surface area contributed by atoms with E-state index in [0.29, 0.717) is 40.9 Å². The van der Waals surface area contributed by atoms with E-state index in [4.69, 9.17) is 4.52 Å². The molecule has 1 aromatic carbocycles. The van der Waals surface area contributed by atoms with Gasteiger partial charge in [-0.2, -0.15) is 4.98 Å². The fourth-order valence-corrected chi connectivity index (χ4v) is 2.91. The number of aryl methyl sites for hydroxylation is 1. The number of carbonyl (C=O) groups excluding carboxylic acids is 2. The van der Waals surface area contributed by atoms with Crippen molar-refractivity contribution in [1.82, 2.24) is 15.1 Å². The van der Waals surface area contributed by atoms with Crippen molar-refractivity contribution in [3.63, 3.8) is 0 Å². The number of nitrogens with one attached hydrogen (secondary N) is 1. The van der Waals surface area contributed by atoms with E-state index in [1.807, 2.05) is 0 Å². The average molecular weight is 374 g/mol. The molecule has 1 amide bonds. The highest BCUT2D eigenvalue weighted by Crippen LogP contribution is 2.18. The summed E-state index contributed by atoms with van der Waals surface area (Å²) in [5, 5.41) is 8.51. The van der Waals surface area contributed by atoms with E-state index in [1.165, 1.54) is 30.4 Å². The lowest BCUT2D eigenvalue weighted by Crippen LogP contribution is -2.11. The van der Waals surface area contributed by atoms with E-state index < -0.39 is 0 Å². The molecule has 0 aliphatic heterocycles. The maximum absolute atomic E-state index is 12.9. The molecule has 0 radical (unpaired) electrons. The van der Waals surface area contributed by atoms with Crippen LogP contribution in [0.4, 0.5) is 9.52 Å². The molecule has 0 saturated carbocycles. The molecule has 0 saturated heterocycles. The minimum absolute atomic E-state index is 0.143. The number of amides is 1. The smallest absolute Gasteiger partial charge is 0.226 e. The van der Waals surface area contributed by atoms with Crippen molar-refractivity contribution < 1.29 is 18.5 Å². The van der Waals surface area contributed by atoms with Gasteiger partial charge in [0.1, 0.15) is 11.5 Å². The van der Waals surface area contributed by atoms with E-state index in [-0.39, 0.29) is 23.9 Å². The number of Topliss-reactive ketones (excluding diaryl/α,β-unsaturated/α-hetero) is 1. The average Bonchev–Trinajstić information content (AvgIpc) is 3.25. The maximum atomic E-state index is 12.9. The predicted molar refractivity (Wildman–Crippen MR) is 93.4 cm³/mol. The summed E-state index contributed by atoms with van der Waals surface area (Å²) in [6.07, 6.45) is 1.21. The lowest BCUT2D eigenvalue weighted by atomic mass is 10.2. The monoisotopic (exact) mass is 374 g/mol. The number of hydrogen-bond donors (Lipinski definition) is 1. The molecule has 0 aliphatic carbocycles. The third kappa shape index (κ3) is 4.57. The normalized spacial score (nSPS) is 10.7. The number of benzene rings is 1. The summed E-state index contributed by atoms with van der Waals surface area (Å²) >= 11 is 1.21. The third-order valence-corrected chi connectivity index (χ3v) is 4.23. The number of hydrogen-bond acceptors (Lipinski definition) is 7. The molecular formula is C17H15FN4O3S. The number of thiazole rings is 1. The second-order valence-electron chi connectivity index (χ2n) is 5.51. The van der Waals surface area contributed by atoms with Crippen LogP contribution in [0.1, 0.15) is 36.1 Å². The summed E-state index contributed by atoms with van der Waals surface area (Å²) in [5.74, 6) is 0.108. The van der Waals surface area contributed by atoms with Crippen molar-refractivity contribution in [2.24, 2.45) is 0 Å². The Kier molecular flexibility index (Phi) is 5.47. The lowest BCUT2D eigenvalue weighted by molar-refractivity contribution is -0.116. The van der Waals surface area contributed by atoms with Crippen molar-refractivity contribution in [3.05, 3.63) is 47.0 Å². The SMILES string of the molecule is CC(=O)c1csc(NC(=O)CCCc2nc(-c3ccc(F)cc3)no2)n1. The molecule has 0 fully saturated rings. The molecule has 3 aromatic rings. The second-order valence-corrected chi connectivity index (χ2v) is 6.37. The van der Waals surface area contributed by atoms with Crippen molar-refractivity contribution >= 4 is 28.2 Å². The Morgan fingerprint density at radius 1 is 1.23 bits per heavy atom. The minimum Gasteiger partial charge on any atom is -0.339 e. The Morgan fingerprint density at radius 2 is 2.00 bits per heavy atom. The Hall–Kier alpha value is -2.94. The van der Waals surface area contributed by atoms with Gasteiger partial charge in [-0.25, -0.2) is 9.37 Å². The van der Waals surface area contributed by atoms with Gasteiger partial charge < -0.3 is 9.84 Å². The molecule has 9 heteroatoms. The summed E-state index contributed by atoms with van der Waals surface area (Å²) in [4.78, 5) is 31.4. The molecule has 2 heterocycles. The molecule has 2 aromatic heterocycles. The van der Waals surface area contributed by atoms with Crippen LogP contribution in [0.15, 0.2) is 34.2 Å². The highest BCUT2D eigenvalue weighted by atomic mass is 32.1. The molecule has 1 N–H and O–H groups in total. The molecule has 7 nitrogen and oxygen atoms in total. The number of carbonyl (C=O) groups is 2. The number of rotatable bonds is 7. The standard InChI is InChI=1S/C17H15FN4O3S/c1-10(23)13-9-26-17(19-13)20-14(24)3-2-4-15-21-16(22-25-15)11-5-7-12(18)8-6-11/h5-9H,2-4H2,1H3,(H,19,20,24). The summed E-state index contributed by atoms with van der Waals surface area (Å²) in [7, 11) is 0. The number of aromatic nitrogens is 3. The summed E-state index contributed by atoms with van der Waals surface area (Å²) in [5.41, 5.74) is 0.994. The Morgan fingerprint density at radius 3 is 2.69 bits per heavy atom. The summed E-state index contributed by atoms with van der Waals surface area (Å²) in [6.45, 7) is 1.42. The highest BCUT2D eigenvalue weighted by molar-refractivity contribution is 7.14. The van der Waals surface area contributed by atoms with Crippen molar-refractivity contribution in [2.75, 3.05) is 5.32 Å². The molecule has 0 bridgehead atoms. The van der Waals surface area contributed by atoms with E-state index >= 15 is 0 Å². The van der Waals surface area contributed by atoms with Gasteiger partial charge >= 0.3 is 0 Å². The number of anilines is 1. The Balaban J connectivity index is 1.48. The third-order valence-electron chi connectivity index (χ3n) is 3.48. The van der Waals surface area contributed by atoms with Gasteiger partial charge in [-0.1, -0.05) is 5.16 Å². The van der Waals surface area contributed by atoms with Gasteiger partial charge in [-0.15, -0.1) is 11.3 Å². The van der Waals surface area contributed by atoms with Crippen LogP contribution in [0.2, 0.25) is 0 Å². The molecule has 0 unspecified atom stereocenters. The zero-order valence-electron chi connectivity index (χ0n) is 13.9. The second kappa shape index (κ2) is 7.96. The zero-order chi connectivity index (χ0) is 18.5. The van der Waals surface area contributed by atoms with Crippen molar-refractivity contribution in [2.45, 2.75) is 26.2 Å². The molecule has 0 aliphatic rings. The topological polar surface area (TPSA) is 98.0 Å². The van der Waals surface area contributed by atoms with Crippen LogP contribution < -0.4 is 5.32 Å². The largest absolute Gasteiger partial charge is 0.339 e. The molecule has 3 rings (SSSR count). The molecule has 26 heavy (non-hydrogen) atoms. The van der Waals surface area contributed by atoms with E-state index in [1.54, 1.807) is 17.5 Å². The number of nitrogens with zero attached hydrogens (tertiary/aromatic N) is 3. The minimum atomic E-state index is -0.334. The van der Waals surface area contributed by atoms with Gasteiger partial charge in [0.05, 0.1) is 0 Å². The zero-order valence-corrected chi connectivity index (χ0v) is 14.7. The predicted octanol–water partition coefficient (Wildman–Crippen LogP) is 3.50. The fraction of sp³-hybridized carbons (Fsp3) is 0.235. The first-order chi connectivity index (χ1) is 12.5. The quantitative estimate of drug-likeness (QED) is 0.636. The maximum Gasteiger partial charge on any atom is 0.226 e. The molecule has 0 atom stereocenters. The Labute approximate surface area is 152 Å². The summed E-state index contributed by atoms with van der Waals surface area (Å²) < 4.78 is 18.1. The highest BCUT2D eigenvalue weighted by Gasteiger charge is 2.11. The van der Waals surface area contributed by atoms with Crippen LogP contribution in [0, 0.1) is 5.82 Å². The van der Waals surface area contributed by atoms with E-state index in [2.05, 4.69) is 20.4 Å². The first-order valence-electron chi connectivity index (χ1n) is 7.86. The Bertz CT molecular complexity index is 920. The molecular weight excluding hydrogens is 359 g/mol. The fourth-order valence-electron chi connectivity index (χ4n) is 2.15. The summed E-state index contributed by atoms with van der Waals surface area (Å²) in [6, 6.07) is 5.79. The van der Waals surface area contributed by atoms with Crippen LogP contribution in [-0.4, -0.2) is 26.8 Å². The first kappa shape index (κ1) is 17.9. The number of halogens is 1. The lowest BCUT2D eigenvalue weighted by Gasteiger charge is -1.99. The van der Waals surface area contributed by atoms with Crippen LogP contribution >= 0.6 is 11.3 Å². The van der Waals surface area contributed by atoms with Gasteiger partial charge in [0, 0.05) is 30.7 Å². The van der Waals surface area contributed by atoms with Crippen LogP contribution in [-0.2, 0) is 11.2 Å². The molecule has 134 valence electrons. The van der Waals surface area contributed by atoms with Crippen LogP contribution in [0.5, 0.6) is 0 Å². The van der Waals surface area contributed by atoms with Crippen LogP contribution in [0.3, 0.4) is 0 Å². The number of ketones is 1. The molecule has 0 spiro atoms. The van der Waals surface area contributed by atoms with Gasteiger partial charge in [-0.3, -0.25) is 9.59 Å². The van der Waals surface area contributed by atoms with Crippen molar-refractivity contribution in [1.29, 1.82) is 0 Å². The van der Waals surface area contributed by atoms with Crippen molar-refractivity contribution in [3.8, 4) is 11.4 Å². The van der Waals surface area contributed by atoms with Crippen LogP contribution in [0.25, 0.3) is 11.4 Å². The first-order valence-corrected chi connectivity index (χ1v) is 8.74. The van der Waals surface area contributed by atoms with Gasteiger partial charge in [0.25, 0.3) is 0 Å². The van der Waals surface area contributed by atoms with Gasteiger partial charge in [0.15, 0.2) is 10.9 Å². The van der Waals surface area contributed by atoms with E-state index in [0.717, 1.165) is 0 Å². The van der Waals surface area contributed by atoms with E-state index in [9.17, 15) is 14.0 Å². The van der Waals surface area contributed by atoms with Gasteiger partial charge in [-0.05, 0) is 30.7 Å². The van der Waals surface area contributed by atoms with Gasteiger partial charge in [0.2, 0.25) is 17.6 Å².